The third kappa shape index (κ3) is 8.12. The van der Waals surface area contributed by atoms with Crippen molar-refractivity contribution in [2.75, 3.05) is 10.8 Å². The van der Waals surface area contributed by atoms with Gasteiger partial charge in [-0.2, -0.15) is 0 Å². The quantitative estimate of drug-likeness (QED) is 0.190. The minimum absolute atomic E-state index is 0.0478. The van der Waals surface area contributed by atoms with Crippen molar-refractivity contribution in [2.45, 2.75) is 62.6 Å². The highest BCUT2D eigenvalue weighted by Gasteiger charge is 2.36. The highest BCUT2D eigenvalue weighted by atomic mass is 35.5. The van der Waals surface area contributed by atoms with Crippen molar-refractivity contribution >= 4 is 39.1 Å². The molecule has 1 aliphatic carbocycles. The summed E-state index contributed by atoms with van der Waals surface area (Å²) < 4.78 is 29.5. The van der Waals surface area contributed by atoms with Gasteiger partial charge in [-0.1, -0.05) is 109 Å². The molecule has 1 saturated carbocycles. The van der Waals surface area contributed by atoms with Crippen molar-refractivity contribution in [3.8, 4) is 0 Å². The summed E-state index contributed by atoms with van der Waals surface area (Å²) in [5.41, 5.74) is 2.67. The van der Waals surface area contributed by atoms with Gasteiger partial charge in [0.2, 0.25) is 11.8 Å². The van der Waals surface area contributed by atoms with Crippen molar-refractivity contribution in [1.82, 2.24) is 10.2 Å². The lowest BCUT2D eigenvalue weighted by Gasteiger charge is -2.34. The molecule has 1 N–H and O–H groups in total. The Labute approximate surface area is 270 Å². The molecule has 0 heterocycles. The van der Waals surface area contributed by atoms with E-state index in [0.29, 0.717) is 16.3 Å². The Morgan fingerprint density at radius 1 is 0.844 bits per heavy atom. The third-order valence-electron chi connectivity index (χ3n) is 8.22. The van der Waals surface area contributed by atoms with Crippen LogP contribution in [-0.4, -0.2) is 43.8 Å². The average Bonchev–Trinajstić information content (AvgIpc) is 3.57. The Morgan fingerprint density at radius 3 is 2.04 bits per heavy atom. The molecule has 2 amide bonds. The number of anilines is 1. The number of hydrogen-bond donors (Lipinski definition) is 1. The van der Waals surface area contributed by atoms with Gasteiger partial charge in [-0.05, 0) is 60.7 Å². The van der Waals surface area contributed by atoms with Crippen molar-refractivity contribution in [3.05, 3.63) is 131 Å². The van der Waals surface area contributed by atoms with E-state index in [1.54, 1.807) is 43.3 Å². The molecule has 1 unspecified atom stereocenters. The lowest BCUT2D eigenvalue weighted by molar-refractivity contribution is -0.140. The van der Waals surface area contributed by atoms with Crippen LogP contribution in [0.25, 0.3) is 0 Å². The van der Waals surface area contributed by atoms with E-state index in [2.05, 4.69) is 5.32 Å². The summed E-state index contributed by atoms with van der Waals surface area (Å²) in [7, 11) is -4.19. The molecule has 45 heavy (non-hydrogen) atoms. The topological polar surface area (TPSA) is 86.8 Å². The molecule has 0 bridgehead atoms. The predicted octanol–water partition coefficient (Wildman–Crippen LogP) is 6.54. The van der Waals surface area contributed by atoms with Gasteiger partial charge in [0.15, 0.2) is 0 Å². The van der Waals surface area contributed by atoms with Gasteiger partial charge >= 0.3 is 0 Å². The predicted molar refractivity (Wildman–Crippen MR) is 178 cm³/mol. The highest BCUT2D eigenvalue weighted by Crippen LogP contribution is 2.30. The van der Waals surface area contributed by atoms with Gasteiger partial charge in [-0.25, -0.2) is 8.42 Å². The molecule has 1 atom stereocenters. The Balaban J connectivity index is 1.57. The number of carbonyl (C=O) groups excluding carboxylic acids is 2. The summed E-state index contributed by atoms with van der Waals surface area (Å²) in [5.74, 6) is -0.744. The number of nitrogens with zero attached hydrogens (tertiary/aromatic N) is 2. The van der Waals surface area contributed by atoms with E-state index in [4.69, 9.17) is 11.6 Å². The number of halogens is 1. The lowest BCUT2D eigenvalue weighted by Crippen LogP contribution is -2.54. The molecule has 5 rings (SSSR count). The standard InChI is InChI=1S/C36H38ClN3O4S/c1-27-21-22-30(37)24-33(27)40(45(43,44)32-19-9-4-10-20-32)26-35(41)39(25-29-15-7-3-8-16-29)34(23-28-13-5-2-6-14-28)36(42)38-31-17-11-12-18-31/h2-10,13-16,19-22,24,31,34H,11-12,17-18,23,25-26H2,1H3,(H,38,42). The lowest BCUT2D eigenvalue weighted by atomic mass is 10.0. The van der Waals surface area contributed by atoms with Crippen molar-refractivity contribution in [1.29, 1.82) is 0 Å². The summed E-state index contributed by atoms with van der Waals surface area (Å²) in [4.78, 5) is 30.2. The second-order valence-electron chi connectivity index (χ2n) is 11.5. The maximum Gasteiger partial charge on any atom is 0.264 e. The van der Waals surface area contributed by atoms with E-state index in [1.807, 2.05) is 60.7 Å². The van der Waals surface area contributed by atoms with E-state index < -0.39 is 28.5 Å². The molecule has 0 aromatic heterocycles. The van der Waals surface area contributed by atoms with Crippen LogP contribution in [0.3, 0.4) is 0 Å². The van der Waals surface area contributed by atoms with Crippen LogP contribution in [0.2, 0.25) is 5.02 Å². The van der Waals surface area contributed by atoms with Crippen molar-refractivity contribution in [3.63, 3.8) is 0 Å². The van der Waals surface area contributed by atoms with Gasteiger partial charge in [0.1, 0.15) is 12.6 Å². The summed E-state index contributed by atoms with van der Waals surface area (Å²) in [6.45, 7) is 1.38. The molecule has 1 aliphatic rings. The van der Waals surface area contributed by atoms with Gasteiger partial charge in [0, 0.05) is 24.0 Å². The molecule has 9 heteroatoms. The SMILES string of the molecule is Cc1ccc(Cl)cc1N(CC(=O)N(Cc1ccccc1)C(Cc1ccccc1)C(=O)NC1CCCC1)S(=O)(=O)c1ccccc1. The zero-order valence-corrected chi connectivity index (χ0v) is 26.9. The molecule has 4 aromatic carbocycles. The molecule has 0 spiro atoms. The van der Waals surface area contributed by atoms with Gasteiger partial charge in [-0.3, -0.25) is 13.9 Å². The fourth-order valence-corrected chi connectivity index (χ4v) is 7.44. The number of carbonyl (C=O) groups is 2. The molecule has 7 nitrogen and oxygen atoms in total. The monoisotopic (exact) mass is 643 g/mol. The zero-order valence-electron chi connectivity index (χ0n) is 25.3. The summed E-state index contributed by atoms with van der Waals surface area (Å²) in [6.07, 6.45) is 4.17. The second-order valence-corrected chi connectivity index (χ2v) is 13.8. The average molecular weight is 644 g/mol. The van der Waals surface area contributed by atoms with E-state index >= 15 is 0 Å². The normalized spacial score (nSPS) is 14.1. The Kier molecular flexibility index (Phi) is 10.6. The van der Waals surface area contributed by atoms with Crippen LogP contribution in [0.5, 0.6) is 0 Å². The Bertz CT molecular complexity index is 1700. The number of amides is 2. The molecular weight excluding hydrogens is 606 g/mol. The van der Waals surface area contributed by atoms with Crippen LogP contribution in [0.15, 0.2) is 114 Å². The Morgan fingerprint density at radius 2 is 1.42 bits per heavy atom. The number of sulfonamides is 1. The van der Waals surface area contributed by atoms with Crippen molar-refractivity contribution < 1.29 is 18.0 Å². The van der Waals surface area contributed by atoms with E-state index in [-0.39, 0.29) is 29.8 Å². The van der Waals surface area contributed by atoms with Crippen LogP contribution in [-0.2, 0) is 32.6 Å². The maximum atomic E-state index is 14.6. The summed E-state index contributed by atoms with van der Waals surface area (Å²) in [6, 6.07) is 31.2. The minimum atomic E-state index is -4.19. The highest BCUT2D eigenvalue weighted by molar-refractivity contribution is 7.92. The molecule has 234 valence electrons. The van der Waals surface area contributed by atoms with E-state index in [9.17, 15) is 18.0 Å². The van der Waals surface area contributed by atoms with Gasteiger partial charge in [0.25, 0.3) is 10.0 Å². The molecular formula is C36H38ClN3O4S. The first kappa shape index (κ1) is 32.3. The first-order chi connectivity index (χ1) is 21.7. The van der Waals surface area contributed by atoms with Gasteiger partial charge in [0.05, 0.1) is 10.6 Å². The van der Waals surface area contributed by atoms with Crippen LogP contribution in [0.1, 0.15) is 42.4 Å². The van der Waals surface area contributed by atoms with Crippen LogP contribution in [0, 0.1) is 6.92 Å². The second kappa shape index (κ2) is 14.8. The zero-order chi connectivity index (χ0) is 31.8. The number of benzene rings is 4. The number of aryl methyl sites for hydroxylation is 1. The van der Waals surface area contributed by atoms with Crippen LogP contribution < -0.4 is 9.62 Å². The van der Waals surface area contributed by atoms with Crippen molar-refractivity contribution in [2.24, 2.45) is 0 Å². The third-order valence-corrected chi connectivity index (χ3v) is 10.2. The number of hydrogen-bond acceptors (Lipinski definition) is 4. The number of nitrogens with one attached hydrogen (secondary N) is 1. The first-order valence-corrected chi connectivity index (χ1v) is 17.1. The van der Waals surface area contributed by atoms with Crippen LogP contribution >= 0.6 is 11.6 Å². The fraction of sp³-hybridized carbons (Fsp3) is 0.278. The van der Waals surface area contributed by atoms with Gasteiger partial charge in [-0.15, -0.1) is 0 Å². The van der Waals surface area contributed by atoms with Gasteiger partial charge < -0.3 is 10.2 Å². The molecule has 0 radical (unpaired) electrons. The van der Waals surface area contributed by atoms with Crippen LogP contribution in [0.4, 0.5) is 5.69 Å². The molecule has 0 aliphatic heterocycles. The molecule has 4 aromatic rings. The molecule has 0 saturated heterocycles. The fourth-order valence-electron chi connectivity index (χ4n) is 5.79. The maximum absolute atomic E-state index is 14.6. The summed E-state index contributed by atoms with van der Waals surface area (Å²) >= 11 is 6.36. The van der Waals surface area contributed by atoms with E-state index in [1.165, 1.54) is 17.0 Å². The first-order valence-electron chi connectivity index (χ1n) is 15.2. The largest absolute Gasteiger partial charge is 0.352 e. The Hall–Kier alpha value is -4.14. The van der Waals surface area contributed by atoms with E-state index in [0.717, 1.165) is 41.1 Å². The molecule has 1 fully saturated rings. The number of rotatable bonds is 12. The smallest absolute Gasteiger partial charge is 0.264 e. The minimum Gasteiger partial charge on any atom is -0.352 e. The summed E-state index contributed by atoms with van der Waals surface area (Å²) in [5, 5.41) is 3.54.